The highest BCUT2D eigenvalue weighted by Gasteiger charge is 2.14. The van der Waals surface area contributed by atoms with E-state index < -0.39 is 6.09 Å². The molecule has 0 spiro atoms. The van der Waals surface area contributed by atoms with E-state index in [1.807, 2.05) is 55.9 Å². The zero-order valence-electron chi connectivity index (χ0n) is 18.8. The molecule has 2 amide bonds. The molecule has 4 aromatic rings. The summed E-state index contributed by atoms with van der Waals surface area (Å²) in [5.41, 5.74) is 3.67. The molecule has 174 valence electrons. The zero-order valence-corrected chi connectivity index (χ0v) is 19.6. The summed E-state index contributed by atoms with van der Waals surface area (Å²) in [7, 11) is 4.05. The van der Waals surface area contributed by atoms with Gasteiger partial charge in [-0.2, -0.15) is 0 Å². The predicted molar refractivity (Wildman–Crippen MR) is 138 cm³/mol. The number of hydrogen-bond acceptors (Lipinski definition) is 6. The number of aromatic nitrogens is 1. The van der Waals surface area contributed by atoms with Gasteiger partial charge >= 0.3 is 6.09 Å². The third kappa shape index (κ3) is 5.69. The normalized spacial score (nSPS) is 10.9. The van der Waals surface area contributed by atoms with Crippen molar-refractivity contribution in [1.29, 1.82) is 0 Å². The largest absolute Gasteiger partial charge is 0.465 e. The van der Waals surface area contributed by atoms with Crippen LogP contribution >= 0.6 is 11.3 Å². The van der Waals surface area contributed by atoms with Gasteiger partial charge in [-0.1, -0.05) is 18.2 Å². The van der Waals surface area contributed by atoms with E-state index in [0.717, 1.165) is 40.1 Å². The molecule has 2 heterocycles. The number of likely N-dealkylation sites (N-methyl/N-ethyl adjacent to an activating group) is 1. The Labute approximate surface area is 201 Å². The summed E-state index contributed by atoms with van der Waals surface area (Å²) in [6.45, 7) is 1.73. The number of hydrogen-bond donors (Lipinski definition) is 4. The second kappa shape index (κ2) is 10.3. The minimum atomic E-state index is -1.21. The van der Waals surface area contributed by atoms with Crippen molar-refractivity contribution in [2.45, 2.75) is 0 Å². The molecule has 4 N–H and O–H groups in total. The third-order valence-corrected chi connectivity index (χ3v) is 6.07. The number of nitrogens with zero attached hydrogens (tertiary/aromatic N) is 2. The van der Waals surface area contributed by atoms with Crippen molar-refractivity contribution < 1.29 is 14.7 Å². The Morgan fingerprint density at radius 2 is 1.88 bits per heavy atom. The fourth-order valence-electron chi connectivity index (χ4n) is 3.44. The van der Waals surface area contributed by atoms with Crippen molar-refractivity contribution in [1.82, 2.24) is 9.88 Å². The van der Waals surface area contributed by atoms with Gasteiger partial charge in [0.1, 0.15) is 0 Å². The molecular formula is C25H25N5O3S. The summed E-state index contributed by atoms with van der Waals surface area (Å²) in [6, 6.07) is 16.7. The summed E-state index contributed by atoms with van der Waals surface area (Å²) in [5.74, 6) is -0.376. The summed E-state index contributed by atoms with van der Waals surface area (Å²) < 4.78 is 0. The first-order valence-corrected chi connectivity index (χ1v) is 11.5. The summed E-state index contributed by atoms with van der Waals surface area (Å²) >= 11 is 1.56. The number of nitrogens with one attached hydrogen (secondary N) is 3. The fraction of sp³-hybridized carbons (Fsp3) is 0.160. The molecule has 0 bridgehead atoms. The number of carbonyl (C=O) groups is 2. The van der Waals surface area contributed by atoms with Gasteiger partial charge in [-0.05, 0) is 61.4 Å². The lowest BCUT2D eigenvalue weighted by atomic mass is 10.1. The Kier molecular flexibility index (Phi) is 7.05. The highest BCUT2D eigenvalue weighted by molar-refractivity contribution is 7.13. The molecule has 0 saturated heterocycles. The molecule has 0 aliphatic carbocycles. The number of carboxylic acid groups (broad SMARTS) is 1. The second-order valence-electron chi connectivity index (χ2n) is 7.98. The van der Waals surface area contributed by atoms with Crippen LogP contribution in [0.15, 0.2) is 66.2 Å². The lowest BCUT2D eigenvalue weighted by Crippen LogP contribution is -2.20. The van der Waals surface area contributed by atoms with Gasteiger partial charge in [0, 0.05) is 35.2 Å². The van der Waals surface area contributed by atoms with Crippen molar-refractivity contribution in [3.05, 3.63) is 71.7 Å². The molecule has 4 rings (SSSR count). The van der Waals surface area contributed by atoms with Gasteiger partial charge in [-0.3, -0.25) is 15.1 Å². The molecule has 0 fully saturated rings. The first-order chi connectivity index (χ1) is 16.4. The number of fused-ring (bicyclic) bond motifs is 1. The quantitative estimate of drug-likeness (QED) is 0.276. The molecular weight excluding hydrogens is 450 g/mol. The molecule has 2 aromatic heterocycles. The van der Waals surface area contributed by atoms with Crippen LogP contribution in [0.2, 0.25) is 0 Å². The van der Waals surface area contributed by atoms with Gasteiger partial charge in [-0.15, -0.1) is 11.3 Å². The van der Waals surface area contributed by atoms with Gasteiger partial charge in [0.2, 0.25) is 0 Å². The van der Waals surface area contributed by atoms with Gasteiger partial charge < -0.3 is 20.6 Å². The summed E-state index contributed by atoms with van der Waals surface area (Å²) in [6.07, 6.45) is 0.316. The number of rotatable bonds is 8. The van der Waals surface area contributed by atoms with E-state index in [1.54, 1.807) is 29.5 Å². The van der Waals surface area contributed by atoms with Gasteiger partial charge in [0.15, 0.2) is 0 Å². The first-order valence-electron chi connectivity index (χ1n) is 10.7. The minimum absolute atomic E-state index is 0.295. The Morgan fingerprint density at radius 3 is 2.62 bits per heavy atom. The predicted octanol–water partition coefficient (Wildman–Crippen LogP) is 5.28. The van der Waals surface area contributed by atoms with Crippen LogP contribution < -0.4 is 16.0 Å². The molecule has 0 aliphatic rings. The lowest BCUT2D eigenvalue weighted by Gasteiger charge is -2.13. The minimum Gasteiger partial charge on any atom is -0.465 e. The summed E-state index contributed by atoms with van der Waals surface area (Å²) in [4.78, 5) is 31.8. The molecule has 0 radical (unpaired) electrons. The zero-order chi connectivity index (χ0) is 24.1. The van der Waals surface area contributed by atoms with Gasteiger partial charge in [-0.25, -0.2) is 4.79 Å². The molecule has 8 nitrogen and oxygen atoms in total. The average molecular weight is 476 g/mol. The maximum Gasteiger partial charge on any atom is 0.409 e. The molecule has 0 unspecified atom stereocenters. The van der Waals surface area contributed by atoms with E-state index in [2.05, 4.69) is 25.8 Å². The fourth-order valence-corrected chi connectivity index (χ4v) is 4.17. The topological polar surface area (TPSA) is 107 Å². The van der Waals surface area contributed by atoms with Gasteiger partial charge in [0.05, 0.1) is 22.5 Å². The molecule has 0 aliphatic heterocycles. The highest BCUT2D eigenvalue weighted by atomic mass is 32.1. The van der Waals surface area contributed by atoms with Crippen LogP contribution in [-0.2, 0) is 0 Å². The van der Waals surface area contributed by atoms with Crippen LogP contribution in [0, 0.1) is 0 Å². The number of anilines is 3. The van der Waals surface area contributed by atoms with Crippen LogP contribution in [0.3, 0.4) is 0 Å². The van der Waals surface area contributed by atoms with E-state index >= 15 is 0 Å². The number of carbonyl (C=O) groups excluding carboxylic acids is 1. The summed E-state index contributed by atoms with van der Waals surface area (Å²) in [5, 5.41) is 20.5. The van der Waals surface area contributed by atoms with E-state index in [0.29, 0.717) is 16.9 Å². The van der Waals surface area contributed by atoms with Crippen molar-refractivity contribution >= 4 is 51.3 Å². The van der Waals surface area contributed by atoms with Crippen LogP contribution in [0.5, 0.6) is 0 Å². The number of pyridine rings is 1. The Bertz CT molecular complexity index is 1320. The van der Waals surface area contributed by atoms with E-state index in [1.165, 1.54) is 6.20 Å². The van der Waals surface area contributed by atoms with Crippen molar-refractivity contribution in [3.8, 4) is 10.4 Å². The number of benzene rings is 2. The van der Waals surface area contributed by atoms with E-state index in [9.17, 15) is 14.7 Å². The molecule has 0 atom stereocenters. The standard InChI is InChI=1S/C25H25N5O3S/c1-30(2)10-9-26-19-7-5-16-12-18(15-27-21(16)14-19)24(31)28-22-13-17(23-4-3-11-34-23)6-8-20(22)29-25(32)33/h3-8,11-15,26,29H,9-10H2,1-2H3,(H,28,31)(H,32,33). The Hall–Kier alpha value is -3.95. The van der Waals surface area contributed by atoms with Crippen LogP contribution in [0.1, 0.15) is 10.4 Å². The molecule has 34 heavy (non-hydrogen) atoms. The van der Waals surface area contributed by atoms with Crippen LogP contribution in [-0.4, -0.2) is 54.2 Å². The van der Waals surface area contributed by atoms with Gasteiger partial charge in [0.25, 0.3) is 5.91 Å². The first kappa shape index (κ1) is 23.2. The maximum atomic E-state index is 13.0. The number of amides is 2. The van der Waals surface area contributed by atoms with Crippen molar-refractivity contribution in [2.24, 2.45) is 0 Å². The molecule has 0 saturated carbocycles. The monoisotopic (exact) mass is 475 g/mol. The lowest BCUT2D eigenvalue weighted by molar-refractivity contribution is 0.102. The maximum absolute atomic E-state index is 13.0. The SMILES string of the molecule is CN(C)CCNc1ccc2cc(C(=O)Nc3cc(-c4cccs4)ccc3NC(=O)O)cnc2c1. The number of thiophene rings is 1. The van der Waals surface area contributed by atoms with Crippen LogP contribution in [0.4, 0.5) is 21.9 Å². The highest BCUT2D eigenvalue weighted by Crippen LogP contribution is 2.32. The van der Waals surface area contributed by atoms with Crippen molar-refractivity contribution in [2.75, 3.05) is 43.1 Å². The smallest absolute Gasteiger partial charge is 0.409 e. The Morgan fingerprint density at radius 1 is 1.03 bits per heavy atom. The second-order valence-corrected chi connectivity index (χ2v) is 8.93. The third-order valence-electron chi connectivity index (χ3n) is 5.15. The van der Waals surface area contributed by atoms with Crippen LogP contribution in [0.25, 0.3) is 21.3 Å². The van der Waals surface area contributed by atoms with E-state index in [4.69, 9.17) is 0 Å². The average Bonchev–Trinajstić information content (AvgIpc) is 3.34. The molecule has 2 aromatic carbocycles. The Balaban J connectivity index is 1.56. The van der Waals surface area contributed by atoms with E-state index in [-0.39, 0.29) is 5.91 Å². The van der Waals surface area contributed by atoms with Crippen molar-refractivity contribution in [3.63, 3.8) is 0 Å². The molecule has 9 heteroatoms.